The third kappa shape index (κ3) is 2.68. The lowest BCUT2D eigenvalue weighted by molar-refractivity contribution is 0.417. The molecule has 2 aromatic rings. The number of nitrogens with zero attached hydrogens (tertiary/aromatic N) is 2. The molecular weight excluding hydrogens is 305 g/mol. The summed E-state index contributed by atoms with van der Waals surface area (Å²) < 4.78 is 6.02. The van der Waals surface area contributed by atoms with E-state index in [9.17, 15) is 0 Å². The highest BCUT2D eigenvalue weighted by Gasteiger charge is 2.15. The fraction of sp³-hybridized carbons (Fsp3) is 0.273. The van der Waals surface area contributed by atoms with Crippen LogP contribution in [0.15, 0.2) is 27.2 Å². The summed E-state index contributed by atoms with van der Waals surface area (Å²) in [5.74, 6) is 1.16. The van der Waals surface area contributed by atoms with Crippen LogP contribution < -0.4 is 5.73 Å². The van der Waals surface area contributed by atoms with Gasteiger partial charge in [-0.3, -0.25) is 0 Å². The average molecular weight is 317 g/mol. The van der Waals surface area contributed by atoms with E-state index in [1.165, 1.54) is 0 Å². The van der Waals surface area contributed by atoms with Crippen LogP contribution in [-0.4, -0.2) is 16.7 Å². The SMILES string of the molecule is CC(CN)c1noc(-c2ccc(Cl)cc2Br)n1. The molecule has 4 nitrogen and oxygen atoms in total. The van der Waals surface area contributed by atoms with Crippen LogP contribution >= 0.6 is 27.5 Å². The summed E-state index contributed by atoms with van der Waals surface area (Å²) in [6.45, 7) is 2.44. The molecule has 0 aliphatic rings. The topological polar surface area (TPSA) is 64.9 Å². The lowest BCUT2D eigenvalue weighted by Crippen LogP contribution is -2.10. The van der Waals surface area contributed by atoms with E-state index in [1.807, 2.05) is 13.0 Å². The van der Waals surface area contributed by atoms with Crippen LogP contribution in [0.1, 0.15) is 18.7 Å². The van der Waals surface area contributed by atoms with Crippen molar-refractivity contribution in [2.24, 2.45) is 5.73 Å². The highest BCUT2D eigenvalue weighted by atomic mass is 79.9. The first-order chi connectivity index (χ1) is 8.11. The largest absolute Gasteiger partial charge is 0.334 e. The second-order valence-electron chi connectivity index (χ2n) is 3.72. The van der Waals surface area contributed by atoms with E-state index in [-0.39, 0.29) is 5.92 Å². The van der Waals surface area contributed by atoms with Crippen LogP contribution in [0.25, 0.3) is 11.5 Å². The Bertz CT molecular complexity index is 529. The van der Waals surface area contributed by atoms with Crippen molar-refractivity contribution in [3.8, 4) is 11.5 Å². The lowest BCUT2D eigenvalue weighted by Gasteiger charge is -2.00. The van der Waals surface area contributed by atoms with Crippen LogP contribution in [0.4, 0.5) is 0 Å². The van der Waals surface area contributed by atoms with Crippen LogP contribution in [0.2, 0.25) is 5.02 Å². The van der Waals surface area contributed by atoms with Gasteiger partial charge in [-0.2, -0.15) is 4.98 Å². The van der Waals surface area contributed by atoms with E-state index in [0.29, 0.717) is 23.3 Å². The minimum atomic E-state index is 0.0820. The predicted molar refractivity (Wildman–Crippen MR) is 69.9 cm³/mol. The minimum Gasteiger partial charge on any atom is -0.334 e. The van der Waals surface area contributed by atoms with Gasteiger partial charge in [0.25, 0.3) is 5.89 Å². The second kappa shape index (κ2) is 5.16. The number of nitrogens with two attached hydrogens (primary N) is 1. The lowest BCUT2D eigenvalue weighted by atomic mass is 10.2. The van der Waals surface area contributed by atoms with Gasteiger partial charge < -0.3 is 10.3 Å². The van der Waals surface area contributed by atoms with E-state index in [4.69, 9.17) is 21.9 Å². The molecule has 1 aromatic carbocycles. The molecule has 2 N–H and O–H groups in total. The highest BCUT2D eigenvalue weighted by molar-refractivity contribution is 9.10. The van der Waals surface area contributed by atoms with Crippen molar-refractivity contribution in [1.29, 1.82) is 0 Å². The fourth-order valence-electron chi connectivity index (χ4n) is 1.31. The molecule has 0 radical (unpaired) electrons. The molecule has 0 bridgehead atoms. The first-order valence-electron chi connectivity index (χ1n) is 5.11. The van der Waals surface area contributed by atoms with Gasteiger partial charge in [-0.1, -0.05) is 23.7 Å². The maximum atomic E-state index is 5.87. The van der Waals surface area contributed by atoms with E-state index >= 15 is 0 Å². The molecule has 0 amide bonds. The van der Waals surface area contributed by atoms with Gasteiger partial charge >= 0.3 is 0 Å². The molecule has 0 saturated carbocycles. The summed E-state index contributed by atoms with van der Waals surface area (Å²) >= 11 is 9.28. The van der Waals surface area contributed by atoms with Gasteiger partial charge in [0.05, 0.1) is 5.56 Å². The normalized spacial score (nSPS) is 12.7. The van der Waals surface area contributed by atoms with Crippen LogP contribution in [0, 0.1) is 0 Å². The van der Waals surface area contributed by atoms with Crippen LogP contribution in [0.3, 0.4) is 0 Å². The molecule has 1 atom stereocenters. The third-order valence-corrected chi connectivity index (χ3v) is 3.29. The second-order valence-corrected chi connectivity index (χ2v) is 5.01. The molecule has 17 heavy (non-hydrogen) atoms. The summed E-state index contributed by atoms with van der Waals surface area (Å²) in [6, 6.07) is 5.39. The number of hydrogen-bond acceptors (Lipinski definition) is 4. The maximum absolute atomic E-state index is 5.87. The van der Waals surface area contributed by atoms with Crippen LogP contribution in [-0.2, 0) is 0 Å². The molecule has 6 heteroatoms. The number of rotatable bonds is 3. The molecule has 1 heterocycles. The molecular formula is C11H11BrClN3O. The van der Waals surface area contributed by atoms with Crippen molar-refractivity contribution in [2.75, 3.05) is 6.54 Å². The van der Waals surface area contributed by atoms with Crippen LogP contribution in [0.5, 0.6) is 0 Å². The van der Waals surface area contributed by atoms with Crippen molar-refractivity contribution >= 4 is 27.5 Å². The zero-order valence-corrected chi connectivity index (χ0v) is 11.5. The van der Waals surface area contributed by atoms with Gasteiger partial charge in [0, 0.05) is 22.0 Å². The smallest absolute Gasteiger partial charge is 0.259 e. The standard InChI is InChI=1S/C11H11BrClN3O/c1-6(5-14)10-15-11(17-16-10)8-3-2-7(13)4-9(8)12/h2-4,6H,5,14H2,1H3. The van der Waals surface area contributed by atoms with Crippen molar-refractivity contribution in [3.63, 3.8) is 0 Å². The Balaban J connectivity index is 2.37. The van der Waals surface area contributed by atoms with Gasteiger partial charge in [-0.15, -0.1) is 0 Å². The first-order valence-corrected chi connectivity index (χ1v) is 6.28. The van der Waals surface area contributed by atoms with Crippen molar-refractivity contribution in [1.82, 2.24) is 10.1 Å². The first kappa shape index (κ1) is 12.5. The molecule has 0 aliphatic carbocycles. The Labute approximate surface area is 112 Å². The summed E-state index contributed by atoms with van der Waals surface area (Å²) in [7, 11) is 0. The Kier molecular flexibility index (Phi) is 3.81. The Morgan fingerprint density at radius 2 is 2.29 bits per heavy atom. The number of hydrogen-bond donors (Lipinski definition) is 1. The predicted octanol–water partition coefficient (Wildman–Crippen LogP) is 3.21. The molecule has 0 saturated heterocycles. The Hall–Kier alpha value is -0.910. The number of aromatic nitrogens is 2. The molecule has 1 unspecified atom stereocenters. The molecule has 0 spiro atoms. The molecule has 0 aliphatic heterocycles. The third-order valence-electron chi connectivity index (χ3n) is 2.40. The number of halogens is 2. The quantitative estimate of drug-likeness (QED) is 0.944. The minimum absolute atomic E-state index is 0.0820. The highest BCUT2D eigenvalue weighted by Crippen LogP contribution is 2.30. The van der Waals surface area contributed by atoms with Gasteiger partial charge in [0.1, 0.15) is 0 Å². The zero-order valence-electron chi connectivity index (χ0n) is 9.15. The Morgan fingerprint density at radius 3 is 2.94 bits per heavy atom. The van der Waals surface area contributed by atoms with E-state index in [1.54, 1.807) is 12.1 Å². The summed E-state index contributed by atoms with van der Waals surface area (Å²) in [4.78, 5) is 4.31. The van der Waals surface area contributed by atoms with Crippen molar-refractivity contribution in [3.05, 3.63) is 33.5 Å². The van der Waals surface area contributed by atoms with Crippen molar-refractivity contribution in [2.45, 2.75) is 12.8 Å². The zero-order chi connectivity index (χ0) is 12.4. The summed E-state index contributed by atoms with van der Waals surface area (Å²) in [5, 5.41) is 4.56. The average Bonchev–Trinajstić information content (AvgIpc) is 2.77. The summed E-state index contributed by atoms with van der Waals surface area (Å²) in [6.07, 6.45) is 0. The Morgan fingerprint density at radius 1 is 1.53 bits per heavy atom. The van der Waals surface area contributed by atoms with Crippen molar-refractivity contribution < 1.29 is 4.52 Å². The monoisotopic (exact) mass is 315 g/mol. The maximum Gasteiger partial charge on any atom is 0.259 e. The van der Waals surface area contributed by atoms with E-state index < -0.39 is 0 Å². The molecule has 0 fully saturated rings. The molecule has 2 rings (SSSR count). The fourth-order valence-corrected chi connectivity index (χ4v) is 2.17. The molecule has 90 valence electrons. The molecule has 1 aromatic heterocycles. The van der Waals surface area contributed by atoms with E-state index in [2.05, 4.69) is 26.1 Å². The van der Waals surface area contributed by atoms with Gasteiger partial charge in [-0.05, 0) is 34.1 Å². The summed E-state index contributed by atoms with van der Waals surface area (Å²) in [5.41, 5.74) is 6.37. The van der Waals surface area contributed by atoms with Gasteiger partial charge in [-0.25, -0.2) is 0 Å². The van der Waals surface area contributed by atoms with Gasteiger partial charge in [0.2, 0.25) is 0 Å². The van der Waals surface area contributed by atoms with E-state index in [0.717, 1.165) is 10.0 Å². The van der Waals surface area contributed by atoms with Gasteiger partial charge in [0.15, 0.2) is 5.82 Å². The number of benzene rings is 1.